The van der Waals surface area contributed by atoms with Crippen molar-refractivity contribution < 1.29 is 19.4 Å². The molecule has 0 unspecified atom stereocenters. The van der Waals surface area contributed by atoms with Crippen LogP contribution in [-0.4, -0.2) is 33.0 Å². The van der Waals surface area contributed by atoms with Crippen LogP contribution in [0.25, 0.3) is 16.6 Å². The standard InChI is InChI=1S/C27H26N4O4/c1-5-34-20-13-11-19(12-14-20)30(26(33)35-27(2,3)4)25-23(18-9-7-6-8-10-18)24(32)21(17-28)22-15-16-29-31(22)25/h6-16,32H,5H2,1-4H3. The Morgan fingerprint density at radius 2 is 1.80 bits per heavy atom. The van der Waals surface area contributed by atoms with Gasteiger partial charge in [-0.05, 0) is 63.6 Å². The number of hydrogen-bond donors (Lipinski definition) is 1. The molecule has 35 heavy (non-hydrogen) atoms. The van der Waals surface area contributed by atoms with Crippen molar-refractivity contribution in [2.45, 2.75) is 33.3 Å². The summed E-state index contributed by atoms with van der Waals surface area (Å²) in [5, 5.41) is 25.5. The normalized spacial score (nSPS) is 11.2. The molecule has 0 spiro atoms. The summed E-state index contributed by atoms with van der Waals surface area (Å²) >= 11 is 0. The molecule has 0 radical (unpaired) electrons. The molecule has 0 atom stereocenters. The van der Waals surface area contributed by atoms with Gasteiger partial charge in [-0.1, -0.05) is 30.3 Å². The Morgan fingerprint density at radius 3 is 2.40 bits per heavy atom. The summed E-state index contributed by atoms with van der Waals surface area (Å²) in [5.74, 6) is 0.642. The van der Waals surface area contributed by atoms with Crippen LogP contribution in [0.3, 0.4) is 0 Å². The Kier molecular flexibility index (Phi) is 6.34. The Balaban J connectivity index is 2.07. The summed E-state index contributed by atoms with van der Waals surface area (Å²) in [5.41, 5.74) is 0.984. The van der Waals surface area contributed by atoms with Crippen LogP contribution in [0, 0.1) is 11.3 Å². The molecule has 0 aliphatic rings. The number of aromatic nitrogens is 2. The molecule has 1 N–H and O–H groups in total. The number of nitrogens with zero attached hydrogens (tertiary/aromatic N) is 4. The van der Waals surface area contributed by atoms with Crippen LogP contribution in [0.5, 0.6) is 11.5 Å². The van der Waals surface area contributed by atoms with E-state index in [-0.39, 0.29) is 22.7 Å². The van der Waals surface area contributed by atoms with Crippen LogP contribution in [0.15, 0.2) is 66.9 Å². The average Bonchev–Trinajstić information content (AvgIpc) is 3.29. The lowest BCUT2D eigenvalue weighted by Gasteiger charge is -2.29. The first kappa shape index (κ1) is 23.6. The molecule has 2 aromatic heterocycles. The molecule has 0 aliphatic heterocycles. The van der Waals surface area contributed by atoms with E-state index in [1.54, 1.807) is 63.2 Å². The Bertz CT molecular complexity index is 1400. The maximum absolute atomic E-state index is 13.7. The first-order valence-electron chi connectivity index (χ1n) is 11.2. The number of carbonyl (C=O) groups is 1. The summed E-state index contributed by atoms with van der Waals surface area (Å²) in [7, 11) is 0. The maximum atomic E-state index is 13.7. The Hall–Kier alpha value is -4.51. The number of amides is 1. The maximum Gasteiger partial charge on any atom is 0.420 e. The average molecular weight is 471 g/mol. The molecule has 4 aromatic rings. The van der Waals surface area contributed by atoms with Gasteiger partial charge in [0.2, 0.25) is 0 Å². The fourth-order valence-electron chi connectivity index (χ4n) is 3.79. The molecule has 0 bridgehead atoms. The molecule has 0 saturated heterocycles. The number of benzene rings is 2. The molecule has 178 valence electrons. The van der Waals surface area contributed by atoms with E-state index >= 15 is 0 Å². The zero-order valence-corrected chi connectivity index (χ0v) is 20.0. The number of ether oxygens (including phenoxy) is 2. The molecule has 0 saturated carbocycles. The minimum atomic E-state index is -0.786. The minimum absolute atomic E-state index is 0.0564. The molecule has 0 aliphatic carbocycles. The summed E-state index contributed by atoms with van der Waals surface area (Å²) < 4.78 is 12.8. The first-order chi connectivity index (χ1) is 16.7. The van der Waals surface area contributed by atoms with Gasteiger partial charge in [0.05, 0.1) is 29.6 Å². The van der Waals surface area contributed by atoms with Crippen molar-refractivity contribution in [2.75, 3.05) is 11.5 Å². The van der Waals surface area contributed by atoms with Crippen LogP contribution < -0.4 is 9.64 Å². The third-order valence-corrected chi connectivity index (χ3v) is 5.16. The second kappa shape index (κ2) is 9.39. The molecule has 8 nitrogen and oxygen atoms in total. The summed E-state index contributed by atoms with van der Waals surface area (Å²) in [6.45, 7) is 7.73. The van der Waals surface area contributed by atoms with E-state index in [9.17, 15) is 15.2 Å². The highest BCUT2D eigenvalue weighted by molar-refractivity contribution is 6.02. The zero-order valence-electron chi connectivity index (χ0n) is 20.0. The number of pyridine rings is 1. The lowest BCUT2D eigenvalue weighted by molar-refractivity contribution is 0.0597. The fraction of sp³-hybridized carbons (Fsp3) is 0.222. The quantitative estimate of drug-likeness (QED) is 0.381. The van der Waals surface area contributed by atoms with Crippen molar-refractivity contribution >= 4 is 23.1 Å². The Morgan fingerprint density at radius 1 is 1.11 bits per heavy atom. The summed E-state index contributed by atoms with van der Waals surface area (Å²) in [6, 6.07) is 19.7. The zero-order chi connectivity index (χ0) is 25.2. The largest absolute Gasteiger partial charge is 0.506 e. The van der Waals surface area contributed by atoms with Crippen molar-refractivity contribution in [3.8, 4) is 28.7 Å². The predicted molar refractivity (Wildman–Crippen MR) is 133 cm³/mol. The van der Waals surface area contributed by atoms with Crippen LogP contribution in [0.4, 0.5) is 16.3 Å². The van der Waals surface area contributed by atoms with Gasteiger partial charge in [-0.3, -0.25) is 0 Å². The van der Waals surface area contributed by atoms with Gasteiger partial charge in [0.1, 0.15) is 28.7 Å². The van der Waals surface area contributed by atoms with Gasteiger partial charge in [0.15, 0.2) is 5.82 Å². The number of anilines is 2. The van der Waals surface area contributed by atoms with Crippen molar-refractivity contribution in [2.24, 2.45) is 0 Å². The summed E-state index contributed by atoms with van der Waals surface area (Å²) in [4.78, 5) is 15.0. The van der Waals surface area contributed by atoms with E-state index in [2.05, 4.69) is 11.2 Å². The van der Waals surface area contributed by atoms with Gasteiger partial charge in [-0.25, -0.2) is 14.2 Å². The van der Waals surface area contributed by atoms with Crippen molar-refractivity contribution in [1.82, 2.24) is 9.61 Å². The van der Waals surface area contributed by atoms with Gasteiger partial charge < -0.3 is 14.6 Å². The highest BCUT2D eigenvalue weighted by Gasteiger charge is 2.32. The number of rotatable bonds is 5. The molecule has 2 heterocycles. The lowest BCUT2D eigenvalue weighted by atomic mass is 10.0. The van der Waals surface area contributed by atoms with Crippen molar-refractivity contribution in [1.29, 1.82) is 5.26 Å². The third kappa shape index (κ3) is 4.62. The predicted octanol–water partition coefficient (Wildman–Crippen LogP) is 6.05. The third-order valence-electron chi connectivity index (χ3n) is 5.16. The second-order valence-electron chi connectivity index (χ2n) is 8.77. The molecule has 4 rings (SSSR count). The van der Waals surface area contributed by atoms with Gasteiger partial charge in [-0.15, -0.1) is 0 Å². The number of carbonyl (C=O) groups excluding carboxylic acids is 1. The van der Waals surface area contributed by atoms with E-state index in [1.165, 1.54) is 15.6 Å². The van der Waals surface area contributed by atoms with Gasteiger partial charge in [0, 0.05) is 0 Å². The van der Waals surface area contributed by atoms with Gasteiger partial charge in [0.25, 0.3) is 0 Å². The number of hydrogen-bond acceptors (Lipinski definition) is 6. The molecule has 8 heteroatoms. The van der Waals surface area contributed by atoms with Crippen LogP contribution in [0.2, 0.25) is 0 Å². The van der Waals surface area contributed by atoms with Gasteiger partial charge >= 0.3 is 6.09 Å². The highest BCUT2D eigenvalue weighted by Crippen LogP contribution is 2.44. The van der Waals surface area contributed by atoms with E-state index < -0.39 is 11.7 Å². The van der Waals surface area contributed by atoms with Crippen molar-refractivity contribution in [3.63, 3.8) is 0 Å². The lowest BCUT2D eigenvalue weighted by Crippen LogP contribution is -2.35. The smallest absolute Gasteiger partial charge is 0.420 e. The topological polar surface area (TPSA) is 100 Å². The SMILES string of the molecule is CCOc1ccc(N(C(=O)OC(C)(C)C)c2c(-c3ccccc3)c(O)c(C#N)c3ccnn23)cc1. The fourth-order valence-corrected chi connectivity index (χ4v) is 3.79. The molecular formula is C27H26N4O4. The highest BCUT2D eigenvalue weighted by atomic mass is 16.6. The van der Waals surface area contributed by atoms with E-state index in [0.29, 0.717) is 29.1 Å². The van der Waals surface area contributed by atoms with E-state index in [4.69, 9.17) is 9.47 Å². The van der Waals surface area contributed by atoms with E-state index in [0.717, 1.165) is 0 Å². The number of aromatic hydroxyl groups is 1. The van der Waals surface area contributed by atoms with Crippen LogP contribution >= 0.6 is 0 Å². The summed E-state index contributed by atoms with van der Waals surface area (Å²) in [6.07, 6.45) is 0.846. The van der Waals surface area contributed by atoms with Crippen LogP contribution in [-0.2, 0) is 4.74 Å². The number of nitriles is 1. The Labute approximate surface area is 203 Å². The van der Waals surface area contributed by atoms with Crippen LogP contribution in [0.1, 0.15) is 33.3 Å². The number of fused-ring (bicyclic) bond motifs is 1. The minimum Gasteiger partial charge on any atom is -0.506 e. The first-order valence-corrected chi connectivity index (χ1v) is 11.2. The second-order valence-corrected chi connectivity index (χ2v) is 8.77. The molecule has 2 aromatic carbocycles. The molecular weight excluding hydrogens is 444 g/mol. The van der Waals surface area contributed by atoms with Gasteiger partial charge in [-0.2, -0.15) is 10.4 Å². The van der Waals surface area contributed by atoms with E-state index in [1.807, 2.05) is 25.1 Å². The molecule has 0 fully saturated rings. The molecule has 1 amide bonds. The van der Waals surface area contributed by atoms with Crippen molar-refractivity contribution in [3.05, 3.63) is 72.4 Å². The monoisotopic (exact) mass is 470 g/mol.